The van der Waals surface area contributed by atoms with Gasteiger partial charge in [0.25, 0.3) is 5.91 Å². The topological polar surface area (TPSA) is 106 Å². The fourth-order valence-electron chi connectivity index (χ4n) is 6.04. The summed E-state index contributed by atoms with van der Waals surface area (Å²) in [5.41, 5.74) is 13.0. The Bertz CT molecular complexity index is 1680. The van der Waals surface area contributed by atoms with Gasteiger partial charge in [-0.1, -0.05) is 92.6 Å². The van der Waals surface area contributed by atoms with Crippen LogP contribution in [0.5, 0.6) is 0 Å². The average molecular weight is 574 g/mol. The van der Waals surface area contributed by atoms with Gasteiger partial charge in [-0.3, -0.25) is 30.3 Å². The second-order valence-corrected chi connectivity index (χ2v) is 12.6. The van der Waals surface area contributed by atoms with Crippen LogP contribution >= 0.6 is 0 Å². The van der Waals surface area contributed by atoms with Crippen molar-refractivity contribution in [2.24, 2.45) is 5.73 Å². The number of hydrogen-bond donors (Lipinski definition) is 2. The maximum absolute atomic E-state index is 14.5. The van der Waals surface area contributed by atoms with E-state index in [4.69, 9.17) is 5.73 Å². The van der Waals surface area contributed by atoms with Crippen molar-refractivity contribution in [3.63, 3.8) is 0 Å². The van der Waals surface area contributed by atoms with Crippen LogP contribution in [0.3, 0.4) is 0 Å². The van der Waals surface area contributed by atoms with Crippen molar-refractivity contribution in [3.8, 4) is 0 Å². The van der Waals surface area contributed by atoms with Crippen molar-refractivity contribution in [2.75, 3.05) is 0 Å². The molecule has 0 unspecified atom stereocenters. The lowest BCUT2D eigenvalue weighted by molar-refractivity contribution is -0.525. The maximum atomic E-state index is 14.5. The predicted octanol–water partition coefficient (Wildman–Crippen LogP) is 3.23. The number of nitrogens with two attached hydrogens (primary N) is 1. The van der Waals surface area contributed by atoms with Gasteiger partial charge < -0.3 is 4.90 Å². The minimum Gasteiger partial charge on any atom is -0.327 e. The smallest absolute Gasteiger partial charge is 0.327 e. The number of aromatic nitrogens is 2. The molecule has 3 heterocycles. The highest BCUT2D eigenvalue weighted by atomic mass is 16.2. The summed E-state index contributed by atoms with van der Waals surface area (Å²) in [6.07, 6.45) is 3.31. The number of carbonyl (C=O) groups excluding carboxylic acids is 2. The number of carbonyl (C=O) groups is 2. The van der Waals surface area contributed by atoms with Crippen molar-refractivity contribution in [1.29, 1.82) is 0 Å². The van der Waals surface area contributed by atoms with Crippen LogP contribution in [-0.4, -0.2) is 37.5 Å². The molecule has 0 fully saturated rings. The number of fused-ring (bicyclic) bond motifs is 1. The Morgan fingerprint density at radius 2 is 1.42 bits per heavy atom. The third-order valence-electron chi connectivity index (χ3n) is 8.43. The molecule has 3 N–H and O–H groups in total. The summed E-state index contributed by atoms with van der Waals surface area (Å²) in [5, 5.41) is 0. The Morgan fingerprint density at radius 3 is 1.93 bits per heavy atom. The van der Waals surface area contributed by atoms with Crippen molar-refractivity contribution in [2.45, 2.75) is 65.2 Å². The second-order valence-electron chi connectivity index (χ2n) is 12.6. The first-order valence-corrected chi connectivity index (χ1v) is 14.6. The van der Waals surface area contributed by atoms with E-state index in [2.05, 4.69) is 35.7 Å². The molecule has 4 aromatic rings. The van der Waals surface area contributed by atoms with Gasteiger partial charge in [-0.25, -0.2) is 0 Å². The molecule has 6 rings (SSSR count). The third-order valence-corrected chi connectivity index (χ3v) is 8.43. The van der Waals surface area contributed by atoms with E-state index in [0.717, 1.165) is 44.8 Å². The summed E-state index contributed by atoms with van der Waals surface area (Å²) >= 11 is 0. The van der Waals surface area contributed by atoms with Gasteiger partial charge in [0.1, 0.15) is 6.54 Å². The van der Waals surface area contributed by atoms with Crippen LogP contribution in [0.1, 0.15) is 75.9 Å². The number of guanidine groups is 1. The molecule has 0 saturated carbocycles. The number of hydrogen-bond acceptors (Lipinski definition) is 5. The van der Waals surface area contributed by atoms with Crippen LogP contribution in [0.25, 0.3) is 0 Å². The molecule has 218 valence electrons. The van der Waals surface area contributed by atoms with Crippen LogP contribution in [0.15, 0.2) is 79.1 Å². The van der Waals surface area contributed by atoms with E-state index >= 15 is 0 Å². The molecule has 8 nitrogen and oxygen atoms in total. The summed E-state index contributed by atoms with van der Waals surface area (Å²) in [6, 6.07) is 21.8. The maximum Gasteiger partial charge on any atom is 0.352 e. The summed E-state index contributed by atoms with van der Waals surface area (Å²) in [6.45, 7) is 11.4. The SMILES string of the molecule is Cc1ccc(C2(c3ccc(C)cc3)[NH+]=C(N)N(Cc3ccc(C(C)(C)C)c(C(=O)N4Cc5nccnc5C4)c3)C2=O)cc1. The first-order chi connectivity index (χ1) is 20.5. The normalized spacial score (nSPS) is 15.9. The minimum absolute atomic E-state index is 0.0805. The van der Waals surface area contributed by atoms with Crippen molar-refractivity contribution < 1.29 is 14.6 Å². The highest BCUT2D eigenvalue weighted by Gasteiger charge is 2.55. The standard InChI is InChI=1S/C35H36N6O2/c1-22-6-11-25(12-7-22)35(26-13-8-23(2)9-14-26)32(43)41(33(36)39-35)19-24-10-15-28(34(3,4)5)27(18-24)31(42)40-20-29-30(21-40)38-17-16-37-29/h6-18H,19-21H2,1-5H3,(H2,36,39)/p+1. The van der Waals surface area contributed by atoms with E-state index in [1.54, 1.807) is 22.2 Å². The highest BCUT2D eigenvalue weighted by molar-refractivity contribution is 6.04. The summed E-state index contributed by atoms with van der Waals surface area (Å²) in [5.74, 6) is 0.0201. The summed E-state index contributed by atoms with van der Waals surface area (Å²) in [4.78, 5) is 44.0. The Morgan fingerprint density at radius 1 is 0.884 bits per heavy atom. The van der Waals surface area contributed by atoms with E-state index in [9.17, 15) is 9.59 Å². The lowest BCUT2D eigenvalue weighted by atomic mass is 9.82. The second kappa shape index (κ2) is 10.5. The number of rotatable bonds is 5. The van der Waals surface area contributed by atoms with Gasteiger partial charge in [0.05, 0.1) is 24.5 Å². The predicted molar refractivity (Wildman–Crippen MR) is 165 cm³/mol. The molecule has 2 aliphatic rings. The fourth-order valence-corrected chi connectivity index (χ4v) is 6.04. The van der Waals surface area contributed by atoms with E-state index < -0.39 is 5.54 Å². The lowest BCUT2D eigenvalue weighted by Crippen LogP contribution is -2.85. The molecular formula is C35H37N6O2+. The van der Waals surface area contributed by atoms with Crippen molar-refractivity contribution in [1.82, 2.24) is 19.8 Å². The van der Waals surface area contributed by atoms with Gasteiger partial charge >= 0.3 is 11.9 Å². The van der Waals surface area contributed by atoms with Gasteiger partial charge in [0.2, 0.25) is 5.54 Å². The Labute approximate surface area is 252 Å². The number of aryl methyl sites for hydroxylation is 2. The molecule has 0 spiro atoms. The molecule has 0 aliphatic carbocycles. The van der Waals surface area contributed by atoms with Crippen LogP contribution in [0.4, 0.5) is 0 Å². The molecule has 0 atom stereocenters. The molecule has 43 heavy (non-hydrogen) atoms. The van der Waals surface area contributed by atoms with Gasteiger partial charge in [-0.05, 0) is 36.5 Å². The summed E-state index contributed by atoms with van der Waals surface area (Å²) in [7, 11) is 0. The number of nitrogens with zero attached hydrogens (tertiary/aromatic N) is 4. The molecule has 0 saturated heterocycles. The highest BCUT2D eigenvalue weighted by Crippen LogP contribution is 2.33. The first-order valence-electron chi connectivity index (χ1n) is 14.6. The van der Waals surface area contributed by atoms with Crippen molar-refractivity contribution in [3.05, 3.63) is 129 Å². The molecule has 0 bridgehead atoms. The van der Waals surface area contributed by atoms with Gasteiger partial charge in [0.15, 0.2) is 0 Å². The molecule has 2 aliphatic heterocycles. The van der Waals surface area contributed by atoms with Gasteiger partial charge in [-0.2, -0.15) is 4.90 Å². The number of nitrogens with one attached hydrogen (secondary N) is 1. The molecule has 0 radical (unpaired) electrons. The average Bonchev–Trinajstić information content (AvgIpc) is 3.52. The van der Waals surface area contributed by atoms with Gasteiger partial charge in [-0.15, -0.1) is 0 Å². The Balaban J connectivity index is 1.36. The zero-order valence-electron chi connectivity index (χ0n) is 25.3. The number of amides is 2. The molecule has 3 aromatic carbocycles. The Hall–Kier alpha value is -4.85. The van der Waals surface area contributed by atoms with Crippen LogP contribution in [0, 0.1) is 13.8 Å². The molecule has 2 amide bonds. The van der Waals surface area contributed by atoms with Crippen LogP contribution < -0.4 is 10.7 Å². The zero-order chi connectivity index (χ0) is 30.5. The quantitative estimate of drug-likeness (QED) is 0.381. The largest absolute Gasteiger partial charge is 0.352 e. The van der Waals surface area contributed by atoms with Gasteiger partial charge in [0, 0.05) is 29.1 Å². The van der Waals surface area contributed by atoms with E-state index in [1.807, 2.05) is 80.6 Å². The van der Waals surface area contributed by atoms with Crippen LogP contribution in [0.2, 0.25) is 0 Å². The van der Waals surface area contributed by atoms with E-state index in [0.29, 0.717) is 18.7 Å². The lowest BCUT2D eigenvalue weighted by Gasteiger charge is -2.26. The van der Waals surface area contributed by atoms with Crippen molar-refractivity contribution >= 4 is 17.8 Å². The molecule has 8 heteroatoms. The van der Waals surface area contributed by atoms with E-state index in [-0.39, 0.29) is 29.7 Å². The van der Waals surface area contributed by atoms with E-state index in [1.165, 1.54) is 0 Å². The number of benzene rings is 3. The Kier molecular flexibility index (Phi) is 6.87. The molecular weight excluding hydrogens is 536 g/mol. The first kappa shape index (κ1) is 28.3. The summed E-state index contributed by atoms with van der Waals surface area (Å²) < 4.78 is 0. The fraction of sp³-hybridized carbons (Fsp3) is 0.286. The van der Waals surface area contributed by atoms with Crippen LogP contribution in [-0.2, 0) is 35.4 Å². The molecule has 1 aromatic heterocycles. The minimum atomic E-state index is -1.17. The third kappa shape index (κ3) is 4.96. The zero-order valence-corrected chi connectivity index (χ0v) is 25.3. The monoisotopic (exact) mass is 573 g/mol.